The first-order valence-electron chi connectivity index (χ1n) is 10.0. The number of ether oxygens (including phenoxy) is 1. The molecule has 29 heavy (non-hydrogen) atoms. The number of hydrogen-bond donors (Lipinski definition) is 3. The molecule has 1 aliphatic heterocycles. The van der Waals surface area contributed by atoms with Gasteiger partial charge in [-0.05, 0) is 38.2 Å². The number of hydrogen-bond acceptors (Lipinski definition) is 8. The van der Waals surface area contributed by atoms with Gasteiger partial charge in [0.15, 0.2) is 0 Å². The minimum absolute atomic E-state index is 0.000561. The third-order valence-corrected chi connectivity index (χ3v) is 4.83. The summed E-state index contributed by atoms with van der Waals surface area (Å²) in [5.74, 6) is -0.439. The van der Waals surface area contributed by atoms with Crippen molar-refractivity contribution in [2.45, 2.75) is 51.1 Å². The molecule has 1 aromatic carbocycles. The highest BCUT2D eigenvalue weighted by atomic mass is 17.1. The van der Waals surface area contributed by atoms with Crippen molar-refractivity contribution in [3.63, 3.8) is 0 Å². The molecule has 3 N–H and O–H groups in total. The quantitative estimate of drug-likeness (QED) is 0.271. The Morgan fingerprint density at radius 3 is 2.52 bits per heavy atom. The minimum Gasteiger partial charge on any atom is -0.464 e. The fraction of sp³-hybridized carbons (Fsp3) is 0.600. The Morgan fingerprint density at radius 2 is 1.86 bits per heavy atom. The van der Waals surface area contributed by atoms with E-state index < -0.39 is 18.1 Å². The Morgan fingerprint density at radius 1 is 1.17 bits per heavy atom. The number of esters is 1. The van der Waals surface area contributed by atoms with E-state index in [1.54, 1.807) is 6.92 Å². The van der Waals surface area contributed by atoms with Gasteiger partial charge in [-0.1, -0.05) is 30.3 Å². The van der Waals surface area contributed by atoms with Crippen LogP contribution in [0.4, 0.5) is 0 Å². The molecule has 1 heterocycles. The van der Waals surface area contributed by atoms with Gasteiger partial charge < -0.3 is 9.64 Å². The SMILES string of the molecule is CC(NC(CCc1ccccc1)C(=O)OCCCON(O)O)C(=O)N1CCCC1. The number of nitrogens with zero attached hydrogens (tertiary/aromatic N) is 2. The Bertz CT molecular complexity index is 622. The monoisotopic (exact) mass is 409 g/mol. The van der Waals surface area contributed by atoms with E-state index in [1.165, 1.54) is 0 Å². The molecule has 1 amide bonds. The van der Waals surface area contributed by atoms with Crippen molar-refractivity contribution in [2.24, 2.45) is 0 Å². The second-order valence-electron chi connectivity index (χ2n) is 7.10. The second-order valence-corrected chi connectivity index (χ2v) is 7.10. The van der Waals surface area contributed by atoms with Crippen LogP contribution >= 0.6 is 0 Å². The molecule has 1 fully saturated rings. The molecule has 0 saturated carbocycles. The molecular formula is C20H31N3O6. The molecule has 0 aliphatic carbocycles. The number of likely N-dealkylation sites (tertiary alicyclic amines) is 1. The van der Waals surface area contributed by atoms with Gasteiger partial charge in [-0.25, -0.2) is 0 Å². The summed E-state index contributed by atoms with van der Waals surface area (Å²) in [6.07, 6.45) is 3.50. The van der Waals surface area contributed by atoms with Crippen molar-refractivity contribution in [3.8, 4) is 0 Å². The zero-order valence-electron chi connectivity index (χ0n) is 16.8. The molecule has 1 saturated heterocycles. The topological polar surface area (TPSA) is 112 Å². The van der Waals surface area contributed by atoms with Crippen LogP contribution in [0.2, 0.25) is 0 Å². The molecule has 0 bridgehead atoms. The molecule has 9 nitrogen and oxygen atoms in total. The Balaban J connectivity index is 1.88. The van der Waals surface area contributed by atoms with Gasteiger partial charge in [-0.15, -0.1) is 0 Å². The summed E-state index contributed by atoms with van der Waals surface area (Å²) in [6.45, 7) is 3.36. The van der Waals surface area contributed by atoms with Crippen LogP contribution in [0.25, 0.3) is 0 Å². The normalized spacial score (nSPS) is 16.1. The zero-order chi connectivity index (χ0) is 21.1. The number of benzene rings is 1. The van der Waals surface area contributed by atoms with Crippen LogP contribution in [0.1, 0.15) is 38.2 Å². The smallest absolute Gasteiger partial charge is 0.323 e. The molecule has 9 heteroatoms. The standard InChI is InChI=1S/C20H31N3O6/c1-16(19(24)22-12-5-6-13-22)21-18(11-10-17-8-3-2-4-9-17)20(25)28-14-7-15-29-23(26)27/h2-4,8-9,16,18,21,26-27H,5-7,10-15H2,1H3. The summed E-state index contributed by atoms with van der Waals surface area (Å²) in [4.78, 5) is 31.4. The van der Waals surface area contributed by atoms with Crippen LogP contribution in [0, 0.1) is 0 Å². The molecule has 0 spiro atoms. The van der Waals surface area contributed by atoms with E-state index in [0.29, 0.717) is 19.3 Å². The summed E-state index contributed by atoms with van der Waals surface area (Å²) in [5, 5.41) is 19.7. The van der Waals surface area contributed by atoms with Crippen LogP contribution in [-0.4, -0.2) is 71.0 Å². The highest BCUT2D eigenvalue weighted by Gasteiger charge is 2.28. The van der Waals surface area contributed by atoms with E-state index in [-0.39, 0.29) is 24.5 Å². The van der Waals surface area contributed by atoms with Gasteiger partial charge in [0.05, 0.1) is 24.6 Å². The molecule has 1 aromatic rings. The van der Waals surface area contributed by atoms with Crippen LogP contribution in [0.15, 0.2) is 30.3 Å². The number of carbonyl (C=O) groups is 2. The van der Waals surface area contributed by atoms with Gasteiger partial charge in [0, 0.05) is 19.5 Å². The summed E-state index contributed by atoms with van der Waals surface area (Å²) >= 11 is 0. The number of nitrogens with one attached hydrogen (secondary N) is 1. The van der Waals surface area contributed by atoms with Crippen molar-refractivity contribution in [3.05, 3.63) is 35.9 Å². The largest absolute Gasteiger partial charge is 0.464 e. The summed E-state index contributed by atoms with van der Waals surface area (Å²) < 4.78 is 5.29. The average molecular weight is 409 g/mol. The lowest BCUT2D eigenvalue weighted by Gasteiger charge is -2.25. The summed E-state index contributed by atoms with van der Waals surface area (Å²) in [6, 6.07) is 8.71. The lowest BCUT2D eigenvalue weighted by atomic mass is 10.0. The zero-order valence-corrected chi connectivity index (χ0v) is 16.8. The Labute approximate surface area is 171 Å². The molecule has 1 aliphatic rings. The minimum atomic E-state index is -0.621. The predicted molar refractivity (Wildman–Crippen MR) is 104 cm³/mol. The van der Waals surface area contributed by atoms with E-state index in [9.17, 15) is 9.59 Å². The van der Waals surface area contributed by atoms with E-state index in [4.69, 9.17) is 15.2 Å². The summed E-state index contributed by atoms with van der Waals surface area (Å²) in [7, 11) is 0. The lowest BCUT2D eigenvalue weighted by molar-refractivity contribution is -0.492. The Kier molecular flexibility index (Phi) is 10.0. The number of aryl methyl sites for hydroxylation is 1. The lowest BCUT2D eigenvalue weighted by Crippen LogP contribution is -2.50. The fourth-order valence-electron chi connectivity index (χ4n) is 3.29. The van der Waals surface area contributed by atoms with Gasteiger partial charge in [0.25, 0.3) is 0 Å². The van der Waals surface area contributed by atoms with Gasteiger partial charge in [-0.2, -0.15) is 0 Å². The van der Waals surface area contributed by atoms with Crippen molar-refractivity contribution >= 4 is 11.9 Å². The van der Waals surface area contributed by atoms with Gasteiger partial charge in [0.2, 0.25) is 5.91 Å². The maximum absolute atomic E-state index is 12.6. The molecular weight excluding hydrogens is 378 g/mol. The van der Waals surface area contributed by atoms with Gasteiger partial charge >= 0.3 is 5.97 Å². The van der Waals surface area contributed by atoms with Crippen molar-refractivity contribution in [2.75, 3.05) is 26.3 Å². The second kappa shape index (κ2) is 12.5. The molecule has 2 rings (SSSR count). The fourth-order valence-corrected chi connectivity index (χ4v) is 3.29. The number of amides is 1. The van der Waals surface area contributed by atoms with E-state index in [2.05, 4.69) is 10.2 Å². The third-order valence-electron chi connectivity index (χ3n) is 4.83. The number of rotatable bonds is 12. The van der Waals surface area contributed by atoms with Crippen LogP contribution in [0.3, 0.4) is 0 Å². The highest BCUT2D eigenvalue weighted by molar-refractivity contribution is 5.83. The van der Waals surface area contributed by atoms with Gasteiger partial charge in [0.1, 0.15) is 6.04 Å². The van der Waals surface area contributed by atoms with E-state index in [1.807, 2.05) is 35.2 Å². The van der Waals surface area contributed by atoms with Crippen LogP contribution < -0.4 is 5.32 Å². The van der Waals surface area contributed by atoms with E-state index >= 15 is 0 Å². The van der Waals surface area contributed by atoms with Crippen molar-refractivity contribution < 1.29 is 29.6 Å². The predicted octanol–water partition coefficient (Wildman–Crippen LogP) is 1.53. The summed E-state index contributed by atoms with van der Waals surface area (Å²) in [5.41, 5.74) is 1.10. The van der Waals surface area contributed by atoms with Crippen molar-refractivity contribution in [1.29, 1.82) is 0 Å². The Hall–Kier alpha value is -2.04. The molecule has 162 valence electrons. The first kappa shape index (κ1) is 23.2. The molecule has 0 aromatic heterocycles. The van der Waals surface area contributed by atoms with E-state index in [0.717, 1.165) is 31.5 Å². The third kappa shape index (κ3) is 8.46. The maximum Gasteiger partial charge on any atom is 0.323 e. The average Bonchev–Trinajstić information content (AvgIpc) is 3.25. The van der Waals surface area contributed by atoms with Crippen LogP contribution in [0.5, 0.6) is 0 Å². The first-order chi connectivity index (χ1) is 14.0. The molecule has 2 atom stereocenters. The number of carbonyl (C=O) groups excluding carboxylic acids is 2. The van der Waals surface area contributed by atoms with Crippen LogP contribution in [-0.2, 0) is 25.6 Å². The first-order valence-corrected chi connectivity index (χ1v) is 10.0. The molecule has 0 radical (unpaired) electrons. The highest BCUT2D eigenvalue weighted by Crippen LogP contribution is 2.11. The van der Waals surface area contributed by atoms with Gasteiger partial charge in [-0.3, -0.25) is 30.2 Å². The maximum atomic E-state index is 12.6. The van der Waals surface area contributed by atoms with Crippen molar-refractivity contribution in [1.82, 2.24) is 15.6 Å². The molecule has 2 unspecified atom stereocenters.